The standard InChI is InChI=1S/C39H25N3O/c1-2-8-28(9-3-1)35-24-36(42-39(41-35)30-21-15-26(16-22-30)31-10-7-23-40-25-31)29-19-17-27(18-20-29)32-12-6-13-34-33-11-4-5-14-37(33)43-38(32)34/h1-25H. The van der Waals surface area contributed by atoms with Gasteiger partial charge in [0.25, 0.3) is 0 Å². The number of furan rings is 1. The van der Waals surface area contributed by atoms with Crippen LogP contribution in [0.4, 0.5) is 0 Å². The van der Waals surface area contributed by atoms with Crippen molar-refractivity contribution in [1.82, 2.24) is 15.0 Å². The molecule has 8 aromatic rings. The molecule has 0 aliphatic rings. The van der Waals surface area contributed by atoms with E-state index in [1.807, 2.05) is 48.7 Å². The van der Waals surface area contributed by atoms with Crippen LogP contribution in [0.3, 0.4) is 0 Å². The molecule has 0 aliphatic heterocycles. The Morgan fingerprint density at radius 1 is 0.442 bits per heavy atom. The minimum Gasteiger partial charge on any atom is -0.455 e. The van der Waals surface area contributed by atoms with Crippen LogP contribution in [0.15, 0.2) is 156 Å². The van der Waals surface area contributed by atoms with Gasteiger partial charge in [0, 0.05) is 45.4 Å². The fourth-order valence-electron chi connectivity index (χ4n) is 5.62. The Kier molecular flexibility index (Phi) is 6.08. The quantitative estimate of drug-likeness (QED) is 0.214. The number of hydrogen-bond donors (Lipinski definition) is 0. The molecule has 4 nitrogen and oxygen atoms in total. The lowest BCUT2D eigenvalue weighted by atomic mass is 9.99. The van der Waals surface area contributed by atoms with E-state index in [-0.39, 0.29) is 0 Å². The molecule has 0 fully saturated rings. The topological polar surface area (TPSA) is 51.8 Å². The molecule has 202 valence electrons. The third kappa shape index (κ3) is 4.65. The van der Waals surface area contributed by atoms with E-state index in [1.54, 1.807) is 6.20 Å². The van der Waals surface area contributed by atoms with Gasteiger partial charge in [-0.2, -0.15) is 0 Å². The van der Waals surface area contributed by atoms with E-state index in [2.05, 4.69) is 102 Å². The van der Waals surface area contributed by atoms with E-state index in [9.17, 15) is 0 Å². The first kappa shape index (κ1) is 24.9. The molecule has 0 unspecified atom stereocenters. The first-order valence-electron chi connectivity index (χ1n) is 14.3. The lowest BCUT2D eigenvalue weighted by molar-refractivity contribution is 0.670. The maximum absolute atomic E-state index is 6.29. The summed E-state index contributed by atoms with van der Waals surface area (Å²) in [6.07, 6.45) is 3.66. The SMILES string of the molecule is c1ccc(-c2cc(-c3ccc(-c4cccc5c4oc4ccccc45)cc3)nc(-c3ccc(-c4cccnc4)cc3)n2)cc1. The summed E-state index contributed by atoms with van der Waals surface area (Å²) in [6.45, 7) is 0. The van der Waals surface area contributed by atoms with Crippen molar-refractivity contribution in [2.45, 2.75) is 0 Å². The van der Waals surface area contributed by atoms with Gasteiger partial charge in [0.05, 0.1) is 11.4 Å². The maximum atomic E-state index is 6.29. The largest absolute Gasteiger partial charge is 0.455 e. The van der Waals surface area contributed by atoms with Crippen molar-refractivity contribution in [3.8, 4) is 56.2 Å². The van der Waals surface area contributed by atoms with E-state index in [0.29, 0.717) is 5.82 Å². The molecule has 0 saturated carbocycles. The number of benzene rings is 5. The predicted octanol–water partition coefficient (Wildman–Crippen LogP) is 10.1. The van der Waals surface area contributed by atoms with Crippen LogP contribution in [-0.2, 0) is 0 Å². The monoisotopic (exact) mass is 551 g/mol. The number of fused-ring (bicyclic) bond motifs is 3. The first-order chi connectivity index (χ1) is 21.3. The van der Waals surface area contributed by atoms with Crippen LogP contribution in [0.25, 0.3) is 78.1 Å². The molecule has 0 amide bonds. The molecule has 0 N–H and O–H groups in total. The zero-order valence-corrected chi connectivity index (χ0v) is 23.2. The van der Waals surface area contributed by atoms with Crippen LogP contribution in [0.2, 0.25) is 0 Å². The van der Waals surface area contributed by atoms with Gasteiger partial charge >= 0.3 is 0 Å². The molecule has 0 radical (unpaired) electrons. The molecule has 0 spiro atoms. The highest BCUT2D eigenvalue weighted by Gasteiger charge is 2.14. The van der Waals surface area contributed by atoms with Crippen molar-refractivity contribution in [1.29, 1.82) is 0 Å². The van der Waals surface area contributed by atoms with Crippen LogP contribution >= 0.6 is 0 Å². The Morgan fingerprint density at radius 2 is 1.07 bits per heavy atom. The number of nitrogens with zero attached hydrogens (tertiary/aromatic N) is 3. The number of rotatable bonds is 5. The molecule has 4 heteroatoms. The van der Waals surface area contributed by atoms with Crippen molar-refractivity contribution < 1.29 is 4.42 Å². The number of aromatic nitrogens is 3. The maximum Gasteiger partial charge on any atom is 0.160 e. The fraction of sp³-hybridized carbons (Fsp3) is 0. The molecule has 5 aromatic carbocycles. The zero-order valence-electron chi connectivity index (χ0n) is 23.2. The van der Waals surface area contributed by atoms with E-state index < -0.39 is 0 Å². The summed E-state index contributed by atoms with van der Waals surface area (Å²) in [5, 5.41) is 2.26. The summed E-state index contributed by atoms with van der Waals surface area (Å²) in [4.78, 5) is 14.3. The van der Waals surface area contributed by atoms with Crippen molar-refractivity contribution >= 4 is 21.9 Å². The van der Waals surface area contributed by atoms with Gasteiger partial charge in [-0.15, -0.1) is 0 Å². The lowest BCUT2D eigenvalue weighted by Crippen LogP contribution is -1.96. The number of pyridine rings is 1. The second-order valence-electron chi connectivity index (χ2n) is 10.5. The van der Waals surface area contributed by atoms with Gasteiger partial charge < -0.3 is 4.42 Å². The molecular formula is C39H25N3O. The summed E-state index contributed by atoms with van der Waals surface area (Å²) in [6, 6.07) is 47.7. The summed E-state index contributed by atoms with van der Waals surface area (Å²) in [5.74, 6) is 0.685. The average Bonchev–Trinajstić information content (AvgIpc) is 3.48. The van der Waals surface area contributed by atoms with Crippen LogP contribution < -0.4 is 0 Å². The van der Waals surface area contributed by atoms with Crippen molar-refractivity contribution in [3.63, 3.8) is 0 Å². The Morgan fingerprint density at radius 3 is 1.84 bits per heavy atom. The van der Waals surface area contributed by atoms with Gasteiger partial charge in [-0.05, 0) is 34.9 Å². The van der Waals surface area contributed by atoms with Crippen LogP contribution in [-0.4, -0.2) is 15.0 Å². The molecule has 3 heterocycles. The van der Waals surface area contributed by atoms with Gasteiger partial charge in [-0.1, -0.05) is 121 Å². The Hall–Kier alpha value is -5.87. The summed E-state index contributed by atoms with van der Waals surface area (Å²) in [5.41, 5.74) is 10.9. The van der Waals surface area contributed by atoms with Gasteiger partial charge in [-0.25, -0.2) is 9.97 Å². The lowest BCUT2D eigenvalue weighted by Gasteiger charge is -2.11. The summed E-state index contributed by atoms with van der Waals surface area (Å²) in [7, 11) is 0. The van der Waals surface area contributed by atoms with Gasteiger partial charge in [0.2, 0.25) is 0 Å². The smallest absolute Gasteiger partial charge is 0.160 e. The van der Waals surface area contributed by atoms with Gasteiger partial charge in [-0.3, -0.25) is 4.98 Å². The number of hydrogen-bond acceptors (Lipinski definition) is 4. The third-order valence-corrected chi connectivity index (χ3v) is 7.83. The Labute approximate surface area is 249 Å². The van der Waals surface area contributed by atoms with Crippen LogP contribution in [0.1, 0.15) is 0 Å². The molecule has 0 aliphatic carbocycles. The molecular weight excluding hydrogens is 526 g/mol. The van der Waals surface area contributed by atoms with E-state index in [0.717, 1.165) is 72.3 Å². The average molecular weight is 552 g/mol. The normalized spacial score (nSPS) is 11.3. The molecule has 0 saturated heterocycles. The summed E-state index contributed by atoms with van der Waals surface area (Å²) >= 11 is 0. The Balaban J connectivity index is 1.20. The van der Waals surface area contributed by atoms with E-state index >= 15 is 0 Å². The highest BCUT2D eigenvalue weighted by Crippen LogP contribution is 2.36. The van der Waals surface area contributed by atoms with E-state index in [4.69, 9.17) is 14.4 Å². The zero-order chi connectivity index (χ0) is 28.6. The second-order valence-corrected chi connectivity index (χ2v) is 10.5. The van der Waals surface area contributed by atoms with Crippen molar-refractivity contribution in [2.75, 3.05) is 0 Å². The van der Waals surface area contributed by atoms with Gasteiger partial charge in [0.15, 0.2) is 5.82 Å². The molecule has 8 rings (SSSR count). The molecule has 0 atom stereocenters. The number of para-hydroxylation sites is 2. The third-order valence-electron chi connectivity index (χ3n) is 7.83. The molecule has 3 aromatic heterocycles. The minimum absolute atomic E-state index is 0.685. The fourth-order valence-corrected chi connectivity index (χ4v) is 5.62. The highest BCUT2D eigenvalue weighted by atomic mass is 16.3. The molecule has 0 bridgehead atoms. The van der Waals surface area contributed by atoms with E-state index in [1.165, 1.54) is 0 Å². The van der Waals surface area contributed by atoms with Crippen LogP contribution in [0, 0.1) is 0 Å². The first-order valence-corrected chi connectivity index (χ1v) is 14.3. The minimum atomic E-state index is 0.685. The Bertz CT molecular complexity index is 2200. The summed E-state index contributed by atoms with van der Waals surface area (Å²) < 4.78 is 6.29. The highest BCUT2D eigenvalue weighted by molar-refractivity contribution is 6.09. The second kappa shape index (κ2) is 10.5. The molecule has 43 heavy (non-hydrogen) atoms. The van der Waals surface area contributed by atoms with Crippen LogP contribution in [0.5, 0.6) is 0 Å². The predicted molar refractivity (Wildman–Crippen MR) is 174 cm³/mol. The van der Waals surface area contributed by atoms with Crippen molar-refractivity contribution in [2.24, 2.45) is 0 Å². The van der Waals surface area contributed by atoms with Crippen molar-refractivity contribution in [3.05, 3.63) is 152 Å². The van der Waals surface area contributed by atoms with Gasteiger partial charge in [0.1, 0.15) is 11.2 Å².